The van der Waals surface area contributed by atoms with Crippen molar-refractivity contribution >= 4 is 40.8 Å². The normalized spacial score (nSPS) is 10.1. The quantitative estimate of drug-likeness (QED) is 0.595. The number of nitrogens with one attached hydrogen (secondary N) is 2. The fourth-order valence-electron chi connectivity index (χ4n) is 2.13. The van der Waals surface area contributed by atoms with Gasteiger partial charge in [-0.3, -0.25) is 9.59 Å². The minimum absolute atomic E-state index is 0.290. The Labute approximate surface area is 156 Å². The van der Waals surface area contributed by atoms with Gasteiger partial charge in [-0.2, -0.15) is 0 Å². The SMILES string of the molecule is CCOC(=O)c1ccc(NC(=O)CC(=O)Nc2ccc(C)c(Cl)c2)cc1. The largest absolute Gasteiger partial charge is 0.462 e. The van der Waals surface area contributed by atoms with E-state index < -0.39 is 17.8 Å². The van der Waals surface area contributed by atoms with Gasteiger partial charge in [0, 0.05) is 16.4 Å². The van der Waals surface area contributed by atoms with Crippen LogP contribution in [0.25, 0.3) is 0 Å². The molecule has 0 aromatic heterocycles. The van der Waals surface area contributed by atoms with Crippen LogP contribution in [0.4, 0.5) is 11.4 Å². The number of esters is 1. The van der Waals surface area contributed by atoms with Gasteiger partial charge in [-0.1, -0.05) is 17.7 Å². The highest BCUT2D eigenvalue weighted by atomic mass is 35.5. The monoisotopic (exact) mass is 374 g/mol. The van der Waals surface area contributed by atoms with Crippen molar-refractivity contribution in [2.24, 2.45) is 0 Å². The van der Waals surface area contributed by atoms with Crippen LogP contribution < -0.4 is 10.6 Å². The van der Waals surface area contributed by atoms with E-state index in [0.29, 0.717) is 28.6 Å². The molecule has 0 aliphatic carbocycles. The molecule has 0 atom stereocenters. The number of carbonyl (C=O) groups excluding carboxylic acids is 3. The second-order valence-corrected chi connectivity index (χ2v) is 5.94. The molecule has 0 spiro atoms. The van der Waals surface area contributed by atoms with Crippen molar-refractivity contribution in [1.29, 1.82) is 0 Å². The van der Waals surface area contributed by atoms with Crippen molar-refractivity contribution in [3.8, 4) is 0 Å². The molecule has 26 heavy (non-hydrogen) atoms. The molecule has 6 nitrogen and oxygen atoms in total. The minimum Gasteiger partial charge on any atom is -0.462 e. The molecular weight excluding hydrogens is 356 g/mol. The van der Waals surface area contributed by atoms with E-state index in [1.807, 2.05) is 6.92 Å². The summed E-state index contributed by atoms with van der Waals surface area (Å²) in [5, 5.41) is 5.75. The Bertz CT molecular complexity index is 819. The smallest absolute Gasteiger partial charge is 0.338 e. The Morgan fingerprint density at radius 2 is 1.54 bits per heavy atom. The lowest BCUT2D eigenvalue weighted by Gasteiger charge is -2.08. The molecule has 136 valence electrons. The predicted molar refractivity (Wildman–Crippen MR) is 100 cm³/mol. The Morgan fingerprint density at radius 1 is 0.962 bits per heavy atom. The summed E-state index contributed by atoms with van der Waals surface area (Å²) in [6.45, 7) is 3.87. The van der Waals surface area contributed by atoms with E-state index >= 15 is 0 Å². The number of amides is 2. The Kier molecular flexibility index (Phi) is 6.74. The summed E-state index contributed by atoms with van der Waals surface area (Å²) >= 11 is 6.00. The van der Waals surface area contributed by atoms with Crippen LogP contribution in [-0.4, -0.2) is 24.4 Å². The van der Waals surface area contributed by atoms with Gasteiger partial charge in [-0.25, -0.2) is 4.79 Å². The van der Waals surface area contributed by atoms with Crippen molar-refractivity contribution < 1.29 is 19.1 Å². The summed E-state index contributed by atoms with van der Waals surface area (Å²) in [6.07, 6.45) is -0.342. The van der Waals surface area contributed by atoms with Crippen LogP contribution in [0, 0.1) is 6.92 Å². The van der Waals surface area contributed by atoms with Gasteiger partial charge in [0.25, 0.3) is 0 Å². The van der Waals surface area contributed by atoms with E-state index in [9.17, 15) is 14.4 Å². The first-order valence-electron chi connectivity index (χ1n) is 8.02. The Balaban J connectivity index is 1.88. The van der Waals surface area contributed by atoms with Gasteiger partial charge in [0.15, 0.2) is 0 Å². The molecule has 2 amide bonds. The Morgan fingerprint density at radius 3 is 2.12 bits per heavy atom. The number of aryl methyl sites for hydroxylation is 1. The molecule has 0 aliphatic heterocycles. The number of halogens is 1. The highest BCUT2D eigenvalue weighted by molar-refractivity contribution is 6.31. The average Bonchev–Trinajstić information content (AvgIpc) is 2.59. The second-order valence-electron chi connectivity index (χ2n) is 5.53. The van der Waals surface area contributed by atoms with Gasteiger partial charge in [0.1, 0.15) is 6.42 Å². The summed E-state index contributed by atoms with van der Waals surface area (Å²) in [5.41, 5.74) is 2.29. The number of anilines is 2. The molecule has 2 rings (SSSR count). The van der Waals surface area contributed by atoms with E-state index in [1.54, 1.807) is 49.4 Å². The average molecular weight is 375 g/mol. The van der Waals surface area contributed by atoms with E-state index in [2.05, 4.69) is 10.6 Å². The third kappa shape index (κ3) is 5.60. The van der Waals surface area contributed by atoms with Gasteiger partial charge < -0.3 is 15.4 Å². The highest BCUT2D eigenvalue weighted by Crippen LogP contribution is 2.20. The maximum Gasteiger partial charge on any atom is 0.338 e. The molecule has 0 aliphatic rings. The van der Waals surface area contributed by atoms with Crippen LogP contribution in [-0.2, 0) is 14.3 Å². The summed E-state index contributed by atoms with van der Waals surface area (Å²) in [4.78, 5) is 35.5. The Hall–Kier alpha value is -2.86. The molecule has 0 heterocycles. The highest BCUT2D eigenvalue weighted by Gasteiger charge is 2.11. The van der Waals surface area contributed by atoms with E-state index in [-0.39, 0.29) is 6.42 Å². The van der Waals surface area contributed by atoms with E-state index in [0.717, 1.165) is 5.56 Å². The van der Waals surface area contributed by atoms with Crippen molar-refractivity contribution in [1.82, 2.24) is 0 Å². The van der Waals surface area contributed by atoms with Crippen LogP contribution in [0.5, 0.6) is 0 Å². The van der Waals surface area contributed by atoms with E-state index in [4.69, 9.17) is 16.3 Å². The molecular formula is C19H19ClN2O4. The molecule has 2 aromatic rings. The zero-order chi connectivity index (χ0) is 19.1. The molecule has 0 bridgehead atoms. The number of hydrogen-bond donors (Lipinski definition) is 2. The lowest BCUT2D eigenvalue weighted by molar-refractivity contribution is -0.123. The zero-order valence-electron chi connectivity index (χ0n) is 14.5. The molecule has 0 saturated heterocycles. The summed E-state index contributed by atoms with van der Waals surface area (Å²) in [5.74, 6) is -1.35. The van der Waals surface area contributed by atoms with E-state index in [1.165, 1.54) is 0 Å². The van der Waals surface area contributed by atoms with Crippen LogP contribution in [0.1, 0.15) is 29.3 Å². The standard InChI is InChI=1S/C19H19ClN2O4/c1-3-26-19(25)13-5-8-14(9-6-13)21-17(23)11-18(24)22-15-7-4-12(2)16(20)10-15/h4-10H,3,11H2,1-2H3,(H,21,23)(H,22,24). The lowest BCUT2D eigenvalue weighted by atomic mass is 10.2. The third-order valence-corrected chi connectivity index (χ3v) is 3.86. The molecule has 0 saturated carbocycles. The van der Waals surface area contributed by atoms with Crippen LogP contribution >= 0.6 is 11.6 Å². The minimum atomic E-state index is -0.468. The number of ether oxygens (including phenoxy) is 1. The van der Waals surface area contributed by atoms with Gasteiger partial charge in [-0.05, 0) is 55.8 Å². The topological polar surface area (TPSA) is 84.5 Å². The first-order valence-corrected chi connectivity index (χ1v) is 8.40. The first kappa shape index (κ1) is 19.5. The van der Waals surface area contributed by atoms with Gasteiger partial charge in [0.05, 0.1) is 12.2 Å². The first-order chi connectivity index (χ1) is 12.4. The molecule has 0 unspecified atom stereocenters. The molecule has 2 aromatic carbocycles. The van der Waals surface area contributed by atoms with Crippen LogP contribution in [0.15, 0.2) is 42.5 Å². The van der Waals surface area contributed by atoms with Crippen molar-refractivity contribution in [2.45, 2.75) is 20.3 Å². The number of hydrogen-bond acceptors (Lipinski definition) is 4. The number of benzene rings is 2. The van der Waals surface area contributed by atoms with Crippen LogP contribution in [0.3, 0.4) is 0 Å². The number of carbonyl (C=O) groups is 3. The predicted octanol–water partition coefficient (Wildman–Crippen LogP) is 3.79. The fourth-order valence-corrected chi connectivity index (χ4v) is 2.31. The maximum atomic E-state index is 12.0. The van der Waals surface area contributed by atoms with Crippen molar-refractivity contribution in [3.63, 3.8) is 0 Å². The number of rotatable bonds is 6. The second kappa shape index (κ2) is 9.01. The molecule has 7 heteroatoms. The van der Waals surface area contributed by atoms with Gasteiger partial charge in [0.2, 0.25) is 11.8 Å². The zero-order valence-corrected chi connectivity index (χ0v) is 15.2. The third-order valence-electron chi connectivity index (χ3n) is 3.46. The summed E-state index contributed by atoms with van der Waals surface area (Å²) < 4.78 is 4.89. The summed E-state index contributed by atoms with van der Waals surface area (Å²) in [6, 6.07) is 11.3. The molecule has 2 N–H and O–H groups in total. The summed E-state index contributed by atoms with van der Waals surface area (Å²) in [7, 11) is 0. The maximum absolute atomic E-state index is 12.0. The van der Waals surface area contributed by atoms with Gasteiger partial charge in [-0.15, -0.1) is 0 Å². The van der Waals surface area contributed by atoms with Crippen LogP contribution in [0.2, 0.25) is 5.02 Å². The molecule has 0 radical (unpaired) electrons. The van der Waals surface area contributed by atoms with Crippen molar-refractivity contribution in [2.75, 3.05) is 17.2 Å². The van der Waals surface area contributed by atoms with Crippen molar-refractivity contribution in [3.05, 3.63) is 58.6 Å². The van der Waals surface area contributed by atoms with Gasteiger partial charge >= 0.3 is 5.97 Å². The fraction of sp³-hybridized carbons (Fsp3) is 0.211. The molecule has 0 fully saturated rings. The lowest BCUT2D eigenvalue weighted by Crippen LogP contribution is -2.21.